The second-order valence-electron chi connectivity index (χ2n) is 6.43. The van der Waals surface area contributed by atoms with Crippen LogP contribution < -0.4 is 10.6 Å². The molecule has 0 bridgehead atoms. The molecule has 1 atom stereocenters. The lowest BCUT2D eigenvalue weighted by molar-refractivity contribution is 0.399. The van der Waals surface area contributed by atoms with Crippen molar-refractivity contribution in [3.05, 3.63) is 29.8 Å². The second kappa shape index (κ2) is 3.99. The van der Waals surface area contributed by atoms with Gasteiger partial charge in [-0.15, -0.1) is 0 Å². The number of fused-ring (bicyclic) bond motifs is 1. The van der Waals surface area contributed by atoms with Crippen LogP contribution in [0.4, 0.5) is 5.69 Å². The van der Waals surface area contributed by atoms with E-state index >= 15 is 0 Å². The van der Waals surface area contributed by atoms with Crippen molar-refractivity contribution in [2.24, 2.45) is 11.3 Å². The van der Waals surface area contributed by atoms with Crippen LogP contribution in [-0.2, 0) is 0 Å². The molecule has 4 rings (SSSR count). The molecule has 2 aliphatic carbocycles. The van der Waals surface area contributed by atoms with E-state index in [9.17, 15) is 0 Å². The van der Waals surface area contributed by atoms with E-state index < -0.39 is 0 Å². The summed E-state index contributed by atoms with van der Waals surface area (Å²) in [5.74, 6) is 1.73. The van der Waals surface area contributed by atoms with Crippen LogP contribution in [0.1, 0.15) is 37.2 Å². The highest BCUT2D eigenvalue weighted by molar-refractivity contribution is 5.57. The van der Waals surface area contributed by atoms with Crippen LogP contribution in [0.25, 0.3) is 0 Å². The highest BCUT2D eigenvalue weighted by Crippen LogP contribution is 2.60. The molecule has 96 valence electrons. The van der Waals surface area contributed by atoms with Crippen LogP contribution >= 0.6 is 0 Å². The molecule has 2 N–H and O–H groups in total. The summed E-state index contributed by atoms with van der Waals surface area (Å²) < 4.78 is 0. The first-order valence-electron chi connectivity index (χ1n) is 7.41. The van der Waals surface area contributed by atoms with E-state index in [1.54, 1.807) is 0 Å². The lowest BCUT2D eigenvalue weighted by atomic mass is 9.98. The van der Waals surface area contributed by atoms with Gasteiger partial charge in [0.25, 0.3) is 0 Å². The molecule has 2 saturated carbocycles. The van der Waals surface area contributed by atoms with E-state index in [4.69, 9.17) is 0 Å². The third-order valence-corrected chi connectivity index (χ3v) is 5.14. The van der Waals surface area contributed by atoms with E-state index in [-0.39, 0.29) is 0 Å². The van der Waals surface area contributed by atoms with Gasteiger partial charge in [-0.1, -0.05) is 18.2 Å². The molecule has 18 heavy (non-hydrogen) atoms. The van der Waals surface area contributed by atoms with Crippen LogP contribution in [0.2, 0.25) is 0 Å². The van der Waals surface area contributed by atoms with E-state index in [0.29, 0.717) is 5.92 Å². The fraction of sp³-hybridized carbons (Fsp3) is 0.625. The molecule has 1 unspecified atom stereocenters. The monoisotopic (exact) mass is 242 g/mol. The Kier molecular flexibility index (Phi) is 2.41. The minimum absolute atomic E-state index is 0.663. The van der Waals surface area contributed by atoms with E-state index in [2.05, 4.69) is 34.9 Å². The average molecular weight is 242 g/mol. The number of rotatable bonds is 5. The van der Waals surface area contributed by atoms with Gasteiger partial charge in [-0.05, 0) is 48.6 Å². The molecule has 1 aromatic carbocycles. The molecular formula is C16H22N2. The third-order valence-electron chi connectivity index (χ3n) is 5.14. The molecule has 0 amide bonds. The van der Waals surface area contributed by atoms with Crippen molar-refractivity contribution in [1.82, 2.24) is 5.32 Å². The molecule has 1 aromatic rings. The summed E-state index contributed by atoms with van der Waals surface area (Å²) in [5, 5.41) is 7.26. The SMILES string of the molecule is c1ccc2c(c1)NCC2CNCC1(C2CC2)CC1. The lowest BCUT2D eigenvalue weighted by Crippen LogP contribution is -2.29. The molecule has 0 aromatic heterocycles. The molecule has 1 aliphatic heterocycles. The first kappa shape index (κ1) is 10.9. The summed E-state index contributed by atoms with van der Waals surface area (Å²) in [6.45, 7) is 3.50. The predicted molar refractivity (Wildman–Crippen MR) is 74.9 cm³/mol. The van der Waals surface area contributed by atoms with Crippen molar-refractivity contribution >= 4 is 5.69 Å². The molecule has 0 spiro atoms. The Hall–Kier alpha value is -1.02. The van der Waals surface area contributed by atoms with Gasteiger partial charge in [-0.25, -0.2) is 0 Å². The zero-order valence-corrected chi connectivity index (χ0v) is 10.9. The number of benzene rings is 1. The summed E-state index contributed by atoms with van der Waals surface area (Å²) in [6, 6.07) is 8.75. The summed E-state index contributed by atoms with van der Waals surface area (Å²) in [4.78, 5) is 0. The molecule has 2 nitrogen and oxygen atoms in total. The van der Waals surface area contributed by atoms with Crippen molar-refractivity contribution in [3.63, 3.8) is 0 Å². The second-order valence-corrected chi connectivity index (χ2v) is 6.43. The van der Waals surface area contributed by atoms with Crippen molar-refractivity contribution in [1.29, 1.82) is 0 Å². The Morgan fingerprint density at radius 2 is 2.06 bits per heavy atom. The van der Waals surface area contributed by atoms with Crippen LogP contribution in [0, 0.1) is 11.3 Å². The predicted octanol–water partition coefficient (Wildman–Crippen LogP) is 2.98. The molecule has 0 radical (unpaired) electrons. The number of hydrogen-bond acceptors (Lipinski definition) is 2. The summed E-state index contributed by atoms with van der Waals surface area (Å²) in [7, 11) is 0. The Balaban J connectivity index is 1.34. The molecule has 0 saturated heterocycles. The molecule has 2 heteroatoms. The van der Waals surface area contributed by atoms with E-state index in [1.165, 1.54) is 43.5 Å². The van der Waals surface area contributed by atoms with Gasteiger partial charge in [0.05, 0.1) is 0 Å². The van der Waals surface area contributed by atoms with Crippen molar-refractivity contribution in [2.75, 3.05) is 25.0 Å². The summed E-state index contributed by atoms with van der Waals surface area (Å²) in [6.07, 6.45) is 5.94. The van der Waals surface area contributed by atoms with Gasteiger partial charge in [0.15, 0.2) is 0 Å². The first-order chi connectivity index (χ1) is 8.87. The largest absolute Gasteiger partial charge is 0.384 e. The van der Waals surface area contributed by atoms with Crippen LogP contribution in [-0.4, -0.2) is 19.6 Å². The Morgan fingerprint density at radius 1 is 1.22 bits per heavy atom. The molecule has 2 fully saturated rings. The van der Waals surface area contributed by atoms with Crippen LogP contribution in [0.15, 0.2) is 24.3 Å². The molecule has 1 heterocycles. The van der Waals surface area contributed by atoms with Gasteiger partial charge in [0.1, 0.15) is 0 Å². The van der Waals surface area contributed by atoms with Crippen molar-refractivity contribution < 1.29 is 0 Å². The maximum atomic E-state index is 3.75. The van der Waals surface area contributed by atoms with Gasteiger partial charge in [0, 0.05) is 31.2 Å². The van der Waals surface area contributed by atoms with Crippen molar-refractivity contribution in [3.8, 4) is 0 Å². The Labute approximate surface area is 109 Å². The topological polar surface area (TPSA) is 24.1 Å². The lowest BCUT2D eigenvalue weighted by Gasteiger charge is -2.17. The van der Waals surface area contributed by atoms with Crippen molar-refractivity contribution in [2.45, 2.75) is 31.6 Å². The minimum atomic E-state index is 0.663. The van der Waals surface area contributed by atoms with Gasteiger partial charge in [-0.3, -0.25) is 0 Å². The Morgan fingerprint density at radius 3 is 2.83 bits per heavy atom. The smallest absolute Gasteiger partial charge is 0.0376 e. The zero-order valence-electron chi connectivity index (χ0n) is 10.9. The van der Waals surface area contributed by atoms with Gasteiger partial charge < -0.3 is 10.6 Å². The fourth-order valence-electron chi connectivity index (χ4n) is 3.62. The first-order valence-corrected chi connectivity index (χ1v) is 7.41. The average Bonchev–Trinajstić information content (AvgIpc) is 3.28. The highest BCUT2D eigenvalue weighted by atomic mass is 15.0. The number of para-hydroxylation sites is 1. The highest BCUT2D eigenvalue weighted by Gasteiger charge is 2.53. The number of hydrogen-bond donors (Lipinski definition) is 2. The summed E-state index contributed by atoms with van der Waals surface area (Å²) in [5.41, 5.74) is 3.57. The van der Waals surface area contributed by atoms with Gasteiger partial charge >= 0.3 is 0 Å². The quantitative estimate of drug-likeness (QED) is 0.829. The minimum Gasteiger partial charge on any atom is -0.384 e. The molecular weight excluding hydrogens is 220 g/mol. The number of anilines is 1. The van der Waals surface area contributed by atoms with Crippen LogP contribution in [0.3, 0.4) is 0 Å². The fourth-order valence-corrected chi connectivity index (χ4v) is 3.62. The van der Waals surface area contributed by atoms with Gasteiger partial charge in [0.2, 0.25) is 0 Å². The third kappa shape index (κ3) is 1.83. The summed E-state index contributed by atoms with van der Waals surface area (Å²) >= 11 is 0. The molecule has 3 aliphatic rings. The number of nitrogens with one attached hydrogen (secondary N) is 2. The maximum Gasteiger partial charge on any atom is 0.0376 e. The standard InChI is InChI=1S/C16H22N2/c1-2-4-15-14(3-1)12(10-18-15)9-17-11-16(7-8-16)13-5-6-13/h1-4,12-13,17-18H,5-11H2. The maximum absolute atomic E-state index is 3.75. The van der Waals surface area contributed by atoms with Crippen LogP contribution in [0.5, 0.6) is 0 Å². The van der Waals surface area contributed by atoms with E-state index in [1.807, 2.05) is 0 Å². The van der Waals surface area contributed by atoms with Gasteiger partial charge in [-0.2, -0.15) is 0 Å². The zero-order chi connectivity index (χ0) is 12.0. The Bertz CT molecular complexity index is 446. The van der Waals surface area contributed by atoms with E-state index in [0.717, 1.165) is 24.4 Å². The normalized spacial score (nSPS) is 27.7.